The summed E-state index contributed by atoms with van der Waals surface area (Å²) in [6, 6.07) is 0.443. The predicted molar refractivity (Wildman–Crippen MR) is 60.0 cm³/mol. The predicted octanol–water partition coefficient (Wildman–Crippen LogP) is 1.37. The average Bonchev–Trinajstić information content (AvgIpc) is 2.21. The number of aliphatic carboxylic acids is 1. The molecular formula is C11H21NO3. The van der Waals surface area contributed by atoms with E-state index in [1.165, 1.54) is 6.08 Å². The van der Waals surface area contributed by atoms with E-state index in [0.29, 0.717) is 19.2 Å². The lowest BCUT2D eigenvalue weighted by molar-refractivity contribution is -0.131. The molecule has 0 saturated carbocycles. The van der Waals surface area contributed by atoms with Crippen molar-refractivity contribution in [1.82, 2.24) is 4.90 Å². The molecule has 0 aromatic carbocycles. The minimum absolute atomic E-state index is 0.443. The van der Waals surface area contributed by atoms with Gasteiger partial charge in [0.15, 0.2) is 0 Å². The molecule has 1 unspecified atom stereocenters. The van der Waals surface area contributed by atoms with Crippen molar-refractivity contribution in [1.29, 1.82) is 0 Å². The minimum atomic E-state index is -0.897. The van der Waals surface area contributed by atoms with E-state index in [-0.39, 0.29) is 0 Å². The fourth-order valence-corrected chi connectivity index (χ4v) is 1.25. The monoisotopic (exact) mass is 215 g/mol. The van der Waals surface area contributed by atoms with Crippen LogP contribution in [0.3, 0.4) is 0 Å². The lowest BCUT2D eigenvalue weighted by atomic mass is 10.2. The van der Waals surface area contributed by atoms with Gasteiger partial charge in [0.05, 0.1) is 6.61 Å². The second-order valence-corrected chi connectivity index (χ2v) is 3.49. The van der Waals surface area contributed by atoms with E-state index in [9.17, 15) is 4.79 Å². The highest BCUT2D eigenvalue weighted by atomic mass is 16.5. The van der Waals surface area contributed by atoms with E-state index in [1.54, 1.807) is 13.2 Å². The van der Waals surface area contributed by atoms with E-state index >= 15 is 0 Å². The maximum Gasteiger partial charge on any atom is 0.328 e. The molecule has 88 valence electrons. The molecule has 0 aliphatic heterocycles. The van der Waals surface area contributed by atoms with Crippen molar-refractivity contribution in [3.05, 3.63) is 12.2 Å². The molecule has 0 heterocycles. The molecule has 15 heavy (non-hydrogen) atoms. The Kier molecular flexibility index (Phi) is 7.95. The van der Waals surface area contributed by atoms with Crippen molar-refractivity contribution < 1.29 is 14.6 Å². The topological polar surface area (TPSA) is 49.8 Å². The molecule has 1 N–H and O–H groups in total. The lowest BCUT2D eigenvalue weighted by Crippen LogP contribution is -2.35. The van der Waals surface area contributed by atoms with Gasteiger partial charge in [0.1, 0.15) is 0 Å². The fourth-order valence-electron chi connectivity index (χ4n) is 1.25. The molecule has 0 radical (unpaired) electrons. The number of ether oxygens (including phenoxy) is 1. The van der Waals surface area contributed by atoms with E-state index in [1.807, 2.05) is 0 Å². The minimum Gasteiger partial charge on any atom is -0.478 e. The van der Waals surface area contributed by atoms with Gasteiger partial charge in [-0.25, -0.2) is 4.79 Å². The molecule has 0 aromatic heterocycles. The van der Waals surface area contributed by atoms with Crippen LogP contribution < -0.4 is 0 Å². The molecule has 0 fully saturated rings. The standard InChI is InChI=1S/C11H21NO3/c1-4-10(2)12(8-9-15-3)7-5-6-11(13)14/h5-6,10H,4,7-9H2,1-3H3,(H,13,14). The second-order valence-electron chi connectivity index (χ2n) is 3.49. The smallest absolute Gasteiger partial charge is 0.328 e. The van der Waals surface area contributed by atoms with Crippen LogP contribution in [0, 0.1) is 0 Å². The first-order valence-corrected chi connectivity index (χ1v) is 5.24. The van der Waals surface area contributed by atoms with Crippen LogP contribution >= 0.6 is 0 Å². The summed E-state index contributed by atoms with van der Waals surface area (Å²) in [5.41, 5.74) is 0. The summed E-state index contributed by atoms with van der Waals surface area (Å²) in [7, 11) is 1.67. The Morgan fingerprint density at radius 2 is 2.27 bits per heavy atom. The van der Waals surface area contributed by atoms with Crippen molar-refractivity contribution in [3.8, 4) is 0 Å². The van der Waals surface area contributed by atoms with Crippen LogP contribution in [0.1, 0.15) is 20.3 Å². The highest BCUT2D eigenvalue weighted by Gasteiger charge is 2.09. The second kappa shape index (κ2) is 8.44. The van der Waals surface area contributed by atoms with Crippen LogP contribution in [-0.4, -0.2) is 48.8 Å². The Balaban J connectivity index is 4.05. The summed E-state index contributed by atoms with van der Waals surface area (Å²) < 4.78 is 5.01. The lowest BCUT2D eigenvalue weighted by Gasteiger charge is -2.26. The summed E-state index contributed by atoms with van der Waals surface area (Å²) in [6.07, 6.45) is 3.90. The molecule has 4 nitrogen and oxygen atoms in total. The molecule has 0 bridgehead atoms. The van der Waals surface area contributed by atoms with Crippen molar-refractivity contribution >= 4 is 5.97 Å². The van der Waals surface area contributed by atoms with Gasteiger partial charge in [-0.05, 0) is 13.3 Å². The molecule has 0 rings (SSSR count). The summed E-state index contributed by atoms with van der Waals surface area (Å²) in [5, 5.41) is 8.47. The first-order chi connectivity index (χ1) is 7.11. The molecule has 0 aliphatic rings. The summed E-state index contributed by atoms with van der Waals surface area (Å²) in [5.74, 6) is -0.897. The van der Waals surface area contributed by atoms with Gasteiger partial charge in [-0.3, -0.25) is 4.90 Å². The fraction of sp³-hybridized carbons (Fsp3) is 0.727. The van der Waals surface area contributed by atoms with Crippen LogP contribution in [0.5, 0.6) is 0 Å². The van der Waals surface area contributed by atoms with E-state index in [2.05, 4.69) is 18.7 Å². The normalized spacial score (nSPS) is 13.6. The number of methoxy groups -OCH3 is 1. The summed E-state index contributed by atoms with van der Waals surface area (Å²) >= 11 is 0. The van der Waals surface area contributed by atoms with Gasteiger partial charge in [-0.1, -0.05) is 13.0 Å². The SMILES string of the molecule is CCC(C)N(CC=CC(=O)O)CCOC. The highest BCUT2D eigenvalue weighted by molar-refractivity contribution is 5.79. The molecule has 4 heteroatoms. The third-order valence-electron chi connectivity index (χ3n) is 2.40. The highest BCUT2D eigenvalue weighted by Crippen LogP contribution is 2.02. The molecule has 0 saturated heterocycles. The van der Waals surface area contributed by atoms with Crippen molar-refractivity contribution in [2.24, 2.45) is 0 Å². The van der Waals surface area contributed by atoms with Crippen molar-refractivity contribution in [3.63, 3.8) is 0 Å². The van der Waals surface area contributed by atoms with Gasteiger partial charge in [-0.2, -0.15) is 0 Å². The number of nitrogens with zero attached hydrogens (tertiary/aromatic N) is 1. The van der Waals surface area contributed by atoms with Crippen LogP contribution in [0.4, 0.5) is 0 Å². The van der Waals surface area contributed by atoms with E-state index < -0.39 is 5.97 Å². The number of carboxylic acids is 1. The number of rotatable bonds is 8. The summed E-state index contributed by atoms with van der Waals surface area (Å²) in [6.45, 7) is 6.40. The molecule has 0 amide bonds. The number of carbonyl (C=O) groups is 1. The number of hydrogen-bond donors (Lipinski definition) is 1. The van der Waals surface area contributed by atoms with Gasteiger partial charge in [0.2, 0.25) is 0 Å². The van der Waals surface area contributed by atoms with Gasteiger partial charge in [0.25, 0.3) is 0 Å². The molecular weight excluding hydrogens is 194 g/mol. The Labute approximate surface area is 91.5 Å². The van der Waals surface area contributed by atoms with Crippen LogP contribution in [0.15, 0.2) is 12.2 Å². The third-order valence-corrected chi connectivity index (χ3v) is 2.40. The first kappa shape index (κ1) is 14.1. The third kappa shape index (κ3) is 7.11. The molecule has 0 aliphatic carbocycles. The van der Waals surface area contributed by atoms with E-state index in [0.717, 1.165) is 13.0 Å². The average molecular weight is 215 g/mol. The molecule has 1 atom stereocenters. The number of carboxylic acid groups (broad SMARTS) is 1. The van der Waals surface area contributed by atoms with Gasteiger partial charge in [-0.15, -0.1) is 0 Å². The quantitative estimate of drug-likeness (QED) is 0.621. The van der Waals surface area contributed by atoms with E-state index in [4.69, 9.17) is 9.84 Å². The van der Waals surface area contributed by atoms with Crippen molar-refractivity contribution in [2.45, 2.75) is 26.3 Å². The van der Waals surface area contributed by atoms with Crippen LogP contribution in [0.25, 0.3) is 0 Å². The zero-order valence-electron chi connectivity index (χ0n) is 9.77. The molecule has 0 spiro atoms. The van der Waals surface area contributed by atoms with Gasteiger partial charge >= 0.3 is 5.97 Å². The largest absolute Gasteiger partial charge is 0.478 e. The van der Waals surface area contributed by atoms with Gasteiger partial charge in [0, 0.05) is 32.3 Å². The maximum atomic E-state index is 10.3. The van der Waals surface area contributed by atoms with Crippen LogP contribution in [0.2, 0.25) is 0 Å². The Morgan fingerprint density at radius 1 is 1.60 bits per heavy atom. The van der Waals surface area contributed by atoms with Crippen molar-refractivity contribution in [2.75, 3.05) is 26.8 Å². The Morgan fingerprint density at radius 3 is 2.73 bits per heavy atom. The zero-order valence-corrected chi connectivity index (χ0v) is 9.77. The molecule has 0 aromatic rings. The first-order valence-electron chi connectivity index (χ1n) is 5.24. The Hall–Kier alpha value is -0.870. The summed E-state index contributed by atoms with van der Waals surface area (Å²) in [4.78, 5) is 12.5. The zero-order chi connectivity index (χ0) is 11.7. The van der Waals surface area contributed by atoms with Gasteiger partial charge < -0.3 is 9.84 Å². The maximum absolute atomic E-state index is 10.3. The number of hydrogen-bond acceptors (Lipinski definition) is 3. The Bertz CT molecular complexity index is 204. The van der Waals surface area contributed by atoms with Crippen LogP contribution in [-0.2, 0) is 9.53 Å².